The van der Waals surface area contributed by atoms with E-state index in [1.807, 2.05) is 6.92 Å². The van der Waals surface area contributed by atoms with Crippen molar-refractivity contribution >= 4 is 47.3 Å². The van der Waals surface area contributed by atoms with Gasteiger partial charge in [-0.2, -0.15) is 5.10 Å². The first-order valence-electron chi connectivity index (χ1n) is 8.27. The van der Waals surface area contributed by atoms with Crippen LogP contribution in [0.4, 0.5) is 20.6 Å². The number of hydrazone groups is 1. The minimum absolute atomic E-state index is 0.244. The van der Waals surface area contributed by atoms with Gasteiger partial charge in [-0.1, -0.05) is 12.2 Å². The molecule has 1 atom stereocenters. The van der Waals surface area contributed by atoms with Gasteiger partial charge in [0.25, 0.3) is 0 Å². The molecule has 138 valence electrons. The molecule has 0 saturated carbocycles. The van der Waals surface area contributed by atoms with Gasteiger partial charge in [-0.05, 0) is 42.8 Å². The number of rotatable bonds is 6. The Bertz CT molecular complexity index is 758. The molecule has 0 unspecified atom stereocenters. The molecule has 7 nitrogen and oxygen atoms in total. The summed E-state index contributed by atoms with van der Waals surface area (Å²) in [6, 6.07) is 4.57. The van der Waals surface area contributed by atoms with Crippen LogP contribution in [0.5, 0.6) is 0 Å². The van der Waals surface area contributed by atoms with Gasteiger partial charge in [-0.25, -0.2) is 14.2 Å². The van der Waals surface area contributed by atoms with Gasteiger partial charge < -0.3 is 9.64 Å². The molecule has 1 aromatic rings. The van der Waals surface area contributed by atoms with Gasteiger partial charge >= 0.3 is 6.09 Å². The predicted octanol–water partition coefficient (Wildman–Crippen LogP) is 2.54. The van der Waals surface area contributed by atoms with Crippen molar-refractivity contribution in [3.63, 3.8) is 0 Å². The summed E-state index contributed by atoms with van der Waals surface area (Å²) in [6.07, 6.45) is 2.67. The molecule has 0 radical (unpaired) electrons. The molecule has 1 fully saturated rings. The van der Waals surface area contributed by atoms with Crippen LogP contribution in [0.25, 0.3) is 0 Å². The fraction of sp³-hybridized carbons (Fsp3) is 0.412. The number of amides is 2. The average molecular weight is 378 g/mol. The van der Waals surface area contributed by atoms with Crippen molar-refractivity contribution in [2.75, 3.05) is 29.4 Å². The summed E-state index contributed by atoms with van der Waals surface area (Å²) < 4.78 is 19.9. The van der Waals surface area contributed by atoms with E-state index in [1.165, 1.54) is 22.3 Å². The van der Waals surface area contributed by atoms with Crippen LogP contribution in [0.2, 0.25) is 0 Å². The van der Waals surface area contributed by atoms with E-state index in [1.54, 1.807) is 17.0 Å². The van der Waals surface area contributed by atoms with Crippen LogP contribution in [0, 0.1) is 5.82 Å². The number of anilines is 2. The average Bonchev–Trinajstić information content (AvgIpc) is 3.01. The normalized spacial score (nSPS) is 19.7. The molecular weight excluding hydrogens is 359 g/mol. The molecule has 1 saturated heterocycles. The largest absolute Gasteiger partial charge is 0.444 e. The lowest BCUT2D eigenvalue weighted by molar-refractivity contribution is -0.118. The molecule has 0 N–H and O–H groups in total. The van der Waals surface area contributed by atoms with Crippen LogP contribution < -0.4 is 9.80 Å². The van der Waals surface area contributed by atoms with Gasteiger partial charge in [0.15, 0.2) is 0 Å². The second kappa shape index (κ2) is 7.77. The Morgan fingerprint density at radius 3 is 2.88 bits per heavy atom. The SMILES string of the molecule is CC(=S)CC[C@H]1CN(c2ccc(N3C=NN(C=O)CC3)c(F)c2)C(=O)O1. The number of carbonyl (C=O) groups is 2. The van der Waals surface area contributed by atoms with Crippen molar-refractivity contribution in [2.24, 2.45) is 5.10 Å². The van der Waals surface area contributed by atoms with E-state index in [-0.39, 0.29) is 6.10 Å². The lowest BCUT2D eigenvalue weighted by Crippen LogP contribution is -2.37. The van der Waals surface area contributed by atoms with Gasteiger partial charge in [0.1, 0.15) is 18.3 Å². The highest BCUT2D eigenvalue weighted by atomic mass is 32.1. The van der Waals surface area contributed by atoms with Crippen LogP contribution in [0.1, 0.15) is 19.8 Å². The van der Waals surface area contributed by atoms with Crippen LogP contribution in [-0.2, 0) is 9.53 Å². The van der Waals surface area contributed by atoms with Crippen molar-refractivity contribution in [1.29, 1.82) is 0 Å². The van der Waals surface area contributed by atoms with Crippen LogP contribution >= 0.6 is 12.2 Å². The van der Waals surface area contributed by atoms with Gasteiger partial charge in [-0.3, -0.25) is 9.69 Å². The summed E-state index contributed by atoms with van der Waals surface area (Å²) in [7, 11) is 0. The number of thiocarbonyl (C=S) groups is 1. The maximum absolute atomic E-state index is 14.6. The molecule has 2 amide bonds. The first-order chi connectivity index (χ1) is 12.5. The van der Waals surface area contributed by atoms with Crippen LogP contribution in [0.15, 0.2) is 23.3 Å². The number of hydrogen-bond donors (Lipinski definition) is 0. The maximum atomic E-state index is 14.6. The minimum atomic E-state index is -0.481. The van der Waals surface area contributed by atoms with Crippen LogP contribution in [0.3, 0.4) is 0 Å². The Labute approximate surface area is 156 Å². The van der Waals surface area contributed by atoms with Crippen molar-refractivity contribution in [1.82, 2.24) is 5.01 Å². The zero-order chi connectivity index (χ0) is 18.7. The van der Waals surface area contributed by atoms with Crippen LogP contribution in [-0.4, -0.2) is 54.5 Å². The third-order valence-corrected chi connectivity index (χ3v) is 4.48. The zero-order valence-electron chi connectivity index (χ0n) is 14.3. The molecule has 0 aromatic heterocycles. The van der Waals surface area contributed by atoms with E-state index in [0.29, 0.717) is 50.3 Å². The second-order valence-corrected chi connectivity index (χ2v) is 6.88. The number of ether oxygens (including phenoxy) is 1. The number of halogens is 1. The van der Waals surface area contributed by atoms with Gasteiger partial charge in [0, 0.05) is 6.54 Å². The van der Waals surface area contributed by atoms with Crippen molar-refractivity contribution in [3.8, 4) is 0 Å². The molecule has 2 aliphatic rings. The fourth-order valence-corrected chi connectivity index (χ4v) is 2.98. The summed E-state index contributed by atoms with van der Waals surface area (Å²) in [6.45, 7) is 3.04. The molecule has 3 rings (SSSR count). The summed E-state index contributed by atoms with van der Waals surface area (Å²) in [4.78, 5) is 26.7. The second-order valence-electron chi connectivity index (χ2n) is 6.19. The lowest BCUT2D eigenvalue weighted by atomic mass is 10.1. The molecule has 26 heavy (non-hydrogen) atoms. The third kappa shape index (κ3) is 3.98. The summed E-state index contributed by atoms with van der Waals surface area (Å²) in [5, 5.41) is 5.15. The summed E-state index contributed by atoms with van der Waals surface area (Å²) >= 11 is 5.05. The maximum Gasteiger partial charge on any atom is 0.414 e. The highest BCUT2D eigenvalue weighted by molar-refractivity contribution is 7.80. The topological polar surface area (TPSA) is 65.5 Å². The first-order valence-corrected chi connectivity index (χ1v) is 8.68. The minimum Gasteiger partial charge on any atom is -0.444 e. The molecule has 1 aromatic carbocycles. The monoisotopic (exact) mass is 378 g/mol. The quantitative estimate of drug-likeness (QED) is 0.562. The number of benzene rings is 1. The van der Waals surface area contributed by atoms with E-state index >= 15 is 0 Å². The molecule has 2 heterocycles. The van der Waals surface area contributed by atoms with Crippen molar-refractivity contribution in [2.45, 2.75) is 25.9 Å². The molecule has 9 heteroatoms. The van der Waals surface area contributed by atoms with E-state index < -0.39 is 11.9 Å². The summed E-state index contributed by atoms with van der Waals surface area (Å²) in [5.74, 6) is -0.473. The van der Waals surface area contributed by atoms with Gasteiger partial charge in [0.2, 0.25) is 6.41 Å². The Hall–Kier alpha value is -2.55. The van der Waals surface area contributed by atoms with Gasteiger partial charge in [-0.15, -0.1) is 0 Å². The van der Waals surface area contributed by atoms with E-state index in [9.17, 15) is 14.0 Å². The predicted molar refractivity (Wildman–Crippen MR) is 100 cm³/mol. The fourth-order valence-electron chi connectivity index (χ4n) is 2.86. The number of nitrogens with zero attached hydrogens (tertiary/aromatic N) is 4. The van der Waals surface area contributed by atoms with E-state index in [4.69, 9.17) is 17.0 Å². The number of carbonyl (C=O) groups excluding carboxylic acids is 2. The highest BCUT2D eigenvalue weighted by Crippen LogP contribution is 2.28. The van der Waals surface area contributed by atoms with E-state index in [0.717, 1.165) is 4.86 Å². The van der Waals surface area contributed by atoms with Gasteiger partial charge in [0.05, 0.1) is 24.5 Å². The molecular formula is C17H19FN4O3S. The molecule has 0 bridgehead atoms. The Morgan fingerprint density at radius 1 is 1.46 bits per heavy atom. The summed E-state index contributed by atoms with van der Waals surface area (Å²) in [5.41, 5.74) is 0.782. The van der Waals surface area contributed by atoms with Crippen molar-refractivity contribution in [3.05, 3.63) is 24.0 Å². The third-order valence-electron chi connectivity index (χ3n) is 4.28. The molecule has 2 aliphatic heterocycles. The zero-order valence-corrected chi connectivity index (χ0v) is 15.1. The Kier molecular flexibility index (Phi) is 5.46. The lowest BCUT2D eigenvalue weighted by Gasteiger charge is -2.27. The Morgan fingerprint density at radius 2 is 2.27 bits per heavy atom. The van der Waals surface area contributed by atoms with Crippen molar-refractivity contribution < 1.29 is 18.7 Å². The highest BCUT2D eigenvalue weighted by Gasteiger charge is 2.32. The molecule has 0 aliphatic carbocycles. The van der Waals surface area contributed by atoms with E-state index in [2.05, 4.69) is 5.10 Å². The standard InChI is InChI=1S/C17H19FN4O3S/c1-12(26)2-4-14-9-22(17(24)25-14)13-3-5-16(15(18)8-13)20-6-7-21(11-23)19-10-20/h3,5,8,10-11,14H,2,4,6-7,9H2,1H3/t14-/m0/s1. The Balaban J connectivity index is 1.70. The number of hydrogen-bond acceptors (Lipinski definition) is 6. The first kappa shape index (κ1) is 18.2. The number of cyclic esters (lactones) is 1. The molecule has 0 spiro atoms. The smallest absolute Gasteiger partial charge is 0.414 e.